The van der Waals surface area contributed by atoms with E-state index in [1.807, 2.05) is 97.1 Å². The Morgan fingerprint density at radius 3 is 1.60 bits per heavy atom. The summed E-state index contributed by atoms with van der Waals surface area (Å²) in [5.41, 5.74) is 3.70. The minimum atomic E-state index is -3.75. The second-order valence-electron chi connectivity index (χ2n) is 14.1. The van der Waals surface area contributed by atoms with E-state index < -0.39 is 13.2 Å². The molecule has 7 nitrogen and oxygen atoms in total. The molecule has 278 valence electrons. The molecule has 8 heteroatoms. The number of carbonyl (C=O) groups is 1. The lowest BCUT2D eigenvalue weighted by molar-refractivity contribution is 0.0226. The summed E-state index contributed by atoms with van der Waals surface area (Å²) in [5, 5.41) is 3.48. The van der Waals surface area contributed by atoms with E-state index in [9.17, 15) is 9.36 Å². The number of anilines is 2. The first kappa shape index (κ1) is 39.3. The van der Waals surface area contributed by atoms with Crippen LogP contribution >= 0.6 is 7.60 Å². The standard InChI is InChI=1S/C26H17NO3.C18H39O3P/c28-25-18-11-8-14-21(27-17-9-2-1-3-10-17)24(18)26(30-25)19-12-4-6-15-22(19)29-23-16-7-5-13-20(23)26;1-2-3-4-5-6-7-8-9-10-11-12-13-14-15-16-17-18-22(19,20)21/h1-16,27H;2-18H2,1H3,(H2,19,20,21). The van der Waals surface area contributed by atoms with Crippen molar-refractivity contribution in [2.75, 3.05) is 11.5 Å². The first-order chi connectivity index (χ1) is 25.3. The lowest BCUT2D eigenvalue weighted by Crippen LogP contribution is -2.33. The Balaban J connectivity index is 0.000000214. The summed E-state index contributed by atoms with van der Waals surface area (Å²) in [6, 6.07) is 31.1. The molecule has 52 heavy (non-hydrogen) atoms. The second-order valence-corrected chi connectivity index (χ2v) is 15.9. The van der Waals surface area contributed by atoms with Gasteiger partial charge in [-0.1, -0.05) is 164 Å². The molecule has 0 fully saturated rings. The number of para-hydroxylation sites is 3. The Labute approximate surface area is 310 Å². The highest BCUT2D eigenvalue weighted by Gasteiger charge is 2.54. The summed E-state index contributed by atoms with van der Waals surface area (Å²) in [5.74, 6) is 1.03. The number of hydrogen-bond donors (Lipinski definition) is 3. The molecule has 0 amide bonds. The fourth-order valence-corrected chi connectivity index (χ4v) is 7.97. The molecule has 0 unspecified atom stereocenters. The molecule has 2 aliphatic rings. The molecule has 0 aliphatic carbocycles. The van der Waals surface area contributed by atoms with Crippen molar-refractivity contribution in [3.63, 3.8) is 0 Å². The number of ether oxygens (including phenoxy) is 2. The van der Waals surface area contributed by atoms with E-state index in [-0.39, 0.29) is 12.1 Å². The van der Waals surface area contributed by atoms with Gasteiger partial charge in [-0.15, -0.1) is 0 Å². The van der Waals surface area contributed by atoms with Crippen LogP contribution in [0.3, 0.4) is 0 Å². The molecule has 6 rings (SSSR count). The highest BCUT2D eigenvalue weighted by molar-refractivity contribution is 7.51. The Morgan fingerprint density at radius 1 is 0.596 bits per heavy atom. The van der Waals surface area contributed by atoms with E-state index in [2.05, 4.69) is 12.2 Å². The third kappa shape index (κ3) is 10.6. The van der Waals surface area contributed by atoms with Crippen molar-refractivity contribution in [1.82, 2.24) is 0 Å². The van der Waals surface area contributed by atoms with Crippen LogP contribution in [0.15, 0.2) is 97.1 Å². The molecule has 0 bridgehead atoms. The average molecular weight is 726 g/mol. The van der Waals surface area contributed by atoms with Crippen molar-refractivity contribution in [2.24, 2.45) is 0 Å². The molecular weight excluding hydrogens is 669 g/mol. The van der Waals surface area contributed by atoms with E-state index in [1.54, 1.807) is 0 Å². The summed E-state index contributed by atoms with van der Waals surface area (Å²) < 4.78 is 23.1. The van der Waals surface area contributed by atoms with Gasteiger partial charge in [0.25, 0.3) is 0 Å². The van der Waals surface area contributed by atoms with E-state index in [0.29, 0.717) is 23.5 Å². The van der Waals surface area contributed by atoms with Gasteiger partial charge < -0.3 is 24.6 Å². The quantitative estimate of drug-likeness (QED) is 0.0502. The zero-order valence-electron chi connectivity index (χ0n) is 30.7. The number of hydrogen-bond acceptors (Lipinski definition) is 5. The van der Waals surface area contributed by atoms with Crippen molar-refractivity contribution >= 4 is 24.9 Å². The van der Waals surface area contributed by atoms with Crippen molar-refractivity contribution in [3.05, 3.63) is 119 Å². The van der Waals surface area contributed by atoms with Gasteiger partial charge in [0.05, 0.1) is 5.56 Å². The van der Waals surface area contributed by atoms with Gasteiger partial charge in [0.1, 0.15) is 11.5 Å². The molecule has 2 heterocycles. The number of unbranched alkanes of at least 4 members (excludes halogenated alkanes) is 15. The number of carbonyl (C=O) groups excluding carboxylic acids is 1. The van der Waals surface area contributed by atoms with Gasteiger partial charge in [-0.2, -0.15) is 0 Å². The zero-order chi connectivity index (χ0) is 36.7. The van der Waals surface area contributed by atoms with Gasteiger partial charge in [0, 0.05) is 34.2 Å². The van der Waals surface area contributed by atoms with Gasteiger partial charge in [-0.3, -0.25) is 4.57 Å². The first-order valence-electron chi connectivity index (χ1n) is 19.4. The Kier molecular flexibility index (Phi) is 15.0. The molecule has 4 aromatic carbocycles. The van der Waals surface area contributed by atoms with Crippen LogP contribution in [0.5, 0.6) is 11.5 Å². The van der Waals surface area contributed by atoms with Crippen LogP contribution in [-0.4, -0.2) is 21.9 Å². The molecule has 4 aromatic rings. The fraction of sp³-hybridized carbons (Fsp3) is 0.432. The smallest absolute Gasteiger partial charge is 0.340 e. The number of benzene rings is 4. The predicted molar refractivity (Wildman–Crippen MR) is 211 cm³/mol. The van der Waals surface area contributed by atoms with E-state index in [4.69, 9.17) is 19.3 Å². The monoisotopic (exact) mass is 725 g/mol. The second kappa shape index (κ2) is 19.8. The summed E-state index contributed by atoms with van der Waals surface area (Å²) >= 11 is 0. The average Bonchev–Trinajstić information content (AvgIpc) is 3.45. The molecule has 3 N–H and O–H groups in total. The van der Waals surface area contributed by atoms with Gasteiger partial charge >= 0.3 is 13.6 Å². The first-order valence-corrected chi connectivity index (χ1v) is 21.2. The van der Waals surface area contributed by atoms with Gasteiger partial charge in [-0.25, -0.2) is 4.79 Å². The van der Waals surface area contributed by atoms with E-state index in [1.165, 1.54) is 83.5 Å². The minimum absolute atomic E-state index is 0.0610. The van der Waals surface area contributed by atoms with Gasteiger partial charge in [0.15, 0.2) is 5.60 Å². The summed E-state index contributed by atoms with van der Waals surface area (Å²) in [7, 11) is -3.75. The van der Waals surface area contributed by atoms with Crippen molar-refractivity contribution < 1.29 is 28.6 Å². The van der Waals surface area contributed by atoms with Crippen molar-refractivity contribution in [3.8, 4) is 11.5 Å². The highest BCUT2D eigenvalue weighted by Crippen LogP contribution is 2.57. The van der Waals surface area contributed by atoms with Crippen LogP contribution in [0.1, 0.15) is 137 Å². The normalized spacial score (nSPS) is 13.6. The summed E-state index contributed by atoms with van der Waals surface area (Å²) in [4.78, 5) is 30.6. The van der Waals surface area contributed by atoms with Crippen molar-refractivity contribution in [2.45, 2.75) is 115 Å². The van der Waals surface area contributed by atoms with Crippen LogP contribution in [0.2, 0.25) is 0 Å². The van der Waals surface area contributed by atoms with Crippen molar-refractivity contribution in [1.29, 1.82) is 0 Å². The fourth-order valence-electron chi connectivity index (χ4n) is 7.33. The number of rotatable bonds is 19. The minimum Gasteiger partial charge on any atom is -0.456 e. The van der Waals surface area contributed by atoms with E-state index in [0.717, 1.165) is 40.9 Å². The van der Waals surface area contributed by atoms with Gasteiger partial charge in [0.2, 0.25) is 0 Å². The Morgan fingerprint density at radius 2 is 1.08 bits per heavy atom. The molecule has 0 aromatic heterocycles. The Bertz CT molecular complexity index is 1710. The molecule has 1 spiro atoms. The third-order valence-electron chi connectivity index (χ3n) is 9.99. The molecular formula is C44H56NO6P. The van der Waals surface area contributed by atoms with Crippen LogP contribution in [-0.2, 0) is 14.9 Å². The van der Waals surface area contributed by atoms with Gasteiger partial charge in [-0.05, 0) is 42.8 Å². The zero-order valence-corrected chi connectivity index (χ0v) is 31.6. The number of fused-ring (bicyclic) bond motifs is 6. The number of nitrogens with one attached hydrogen (secondary N) is 1. The maximum atomic E-state index is 13.1. The third-order valence-corrected chi connectivity index (χ3v) is 10.9. The summed E-state index contributed by atoms with van der Waals surface area (Å²) in [6.07, 6.45) is 20.6. The maximum Gasteiger partial charge on any atom is 0.340 e. The highest BCUT2D eigenvalue weighted by atomic mass is 31.2. The predicted octanol–water partition coefficient (Wildman–Crippen LogP) is 12.4. The lowest BCUT2D eigenvalue weighted by Gasteiger charge is -2.37. The molecule has 0 saturated carbocycles. The van der Waals surface area contributed by atoms with Crippen LogP contribution < -0.4 is 10.1 Å². The topological polar surface area (TPSA) is 105 Å². The number of esters is 1. The molecule has 0 saturated heterocycles. The molecule has 0 atom stereocenters. The summed E-state index contributed by atoms with van der Waals surface area (Å²) in [6.45, 7) is 2.27. The largest absolute Gasteiger partial charge is 0.456 e. The SMILES string of the molecule is CCCCCCCCCCCCCCCCCCP(=O)(O)O.O=C1OC2(c3ccccc3Oc3ccccc32)c2c(Nc3ccccc3)cccc21. The van der Waals surface area contributed by atoms with Crippen LogP contribution in [0.25, 0.3) is 0 Å². The lowest BCUT2D eigenvalue weighted by atomic mass is 9.77. The van der Waals surface area contributed by atoms with E-state index >= 15 is 0 Å². The Hall–Kier alpha value is -3.90. The van der Waals surface area contributed by atoms with Crippen LogP contribution in [0.4, 0.5) is 11.4 Å². The molecule has 0 radical (unpaired) electrons. The molecule has 2 aliphatic heterocycles. The maximum absolute atomic E-state index is 13.1. The van der Waals surface area contributed by atoms with Crippen LogP contribution in [0, 0.1) is 0 Å².